The van der Waals surface area contributed by atoms with Crippen LogP contribution in [0, 0.1) is 0 Å². The molecule has 0 atom stereocenters. The fraction of sp³-hybridized carbons (Fsp3) is 0.417. The molecule has 0 saturated carbocycles. The van der Waals surface area contributed by atoms with E-state index in [-0.39, 0.29) is 6.61 Å². The lowest BCUT2D eigenvalue weighted by atomic mass is 10.1. The molecule has 0 aliphatic rings. The summed E-state index contributed by atoms with van der Waals surface area (Å²) in [6.45, 7) is 1.60. The predicted octanol–water partition coefficient (Wildman–Crippen LogP) is -0.187. The summed E-state index contributed by atoms with van der Waals surface area (Å²) in [6.07, 6.45) is 0. The SMILES string of the molecule is COCCN(CCO)c1ccc(C(N)=O)cc1N. The van der Waals surface area contributed by atoms with E-state index in [4.69, 9.17) is 21.3 Å². The number of primary amides is 1. The highest BCUT2D eigenvalue weighted by atomic mass is 16.5. The van der Waals surface area contributed by atoms with Gasteiger partial charge in [0.2, 0.25) is 5.91 Å². The summed E-state index contributed by atoms with van der Waals surface area (Å²) in [4.78, 5) is 12.9. The van der Waals surface area contributed by atoms with Gasteiger partial charge in [-0.05, 0) is 18.2 Å². The second-order valence-corrected chi connectivity index (χ2v) is 3.84. The lowest BCUT2D eigenvalue weighted by Gasteiger charge is -2.25. The maximum Gasteiger partial charge on any atom is 0.248 e. The molecule has 0 fully saturated rings. The van der Waals surface area contributed by atoms with E-state index in [1.807, 2.05) is 4.90 Å². The molecule has 0 radical (unpaired) electrons. The maximum absolute atomic E-state index is 11.0. The van der Waals surface area contributed by atoms with E-state index >= 15 is 0 Å². The molecule has 0 unspecified atom stereocenters. The minimum Gasteiger partial charge on any atom is -0.397 e. The van der Waals surface area contributed by atoms with Gasteiger partial charge in [-0.15, -0.1) is 0 Å². The number of amides is 1. The van der Waals surface area contributed by atoms with Gasteiger partial charge < -0.3 is 26.2 Å². The van der Waals surface area contributed by atoms with Crippen LogP contribution in [0.25, 0.3) is 0 Å². The van der Waals surface area contributed by atoms with Crippen molar-refractivity contribution in [3.63, 3.8) is 0 Å². The van der Waals surface area contributed by atoms with Crippen LogP contribution in [0.2, 0.25) is 0 Å². The molecule has 1 rings (SSSR count). The molecule has 0 spiro atoms. The van der Waals surface area contributed by atoms with Crippen molar-refractivity contribution in [1.29, 1.82) is 0 Å². The van der Waals surface area contributed by atoms with Crippen LogP contribution in [0.1, 0.15) is 10.4 Å². The number of nitrogens with zero attached hydrogens (tertiary/aromatic N) is 1. The zero-order chi connectivity index (χ0) is 13.5. The molecule has 1 aromatic rings. The number of nitrogen functional groups attached to an aromatic ring is 1. The van der Waals surface area contributed by atoms with Crippen LogP contribution in [0.4, 0.5) is 11.4 Å². The first-order chi connectivity index (χ1) is 8.60. The standard InChI is InChI=1S/C12H19N3O3/c1-18-7-5-15(4-6-16)11-3-2-9(12(14)17)8-10(11)13/h2-3,8,16H,4-7,13H2,1H3,(H2,14,17). The van der Waals surface area contributed by atoms with Crippen LogP contribution in [0.3, 0.4) is 0 Å². The Bertz CT molecular complexity index is 410. The molecule has 6 nitrogen and oxygen atoms in total. The summed E-state index contributed by atoms with van der Waals surface area (Å²) in [5.74, 6) is -0.515. The molecule has 0 aromatic heterocycles. The molecule has 18 heavy (non-hydrogen) atoms. The zero-order valence-electron chi connectivity index (χ0n) is 10.4. The molecule has 5 N–H and O–H groups in total. The Labute approximate surface area is 106 Å². The number of aliphatic hydroxyl groups is 1. The van der Waals surface area contributed by atoms with Crippen molar-refractivity contribution in [1.82, 2.24) is 0 Å². The molecule has 6 heteroatoms. The molecule has 100 valence electrons. The van der Waals surface area contributed by atoms with Crippen molar-refractivity contribution in [2.24, 2.45) is 5.73 Å². The number of benzene rings is 1. The Balaban J connectivity index is 2.93. The van der Waals surface area contributed by atoms with Crippen LogP contribution in [-0.2, 0) is 4.74 Å². The average molecular weight is 253 g/mol. The number of carbonyl (C=O) groups excluding carboxylic acids is 1. The van der Waals surface area contributed by atoms with Gasteiger partial charge in [0, 0.05) is 25.8 Å². The van der Waals surface area contributed by atoms with Crippen molar-refractivity contribution < 1.29 is 14.6 Å². The number of methoxy groups -OCH3 is 1. The van der Waals surface area contributed by atoms with Gasteiger partial charge in [0.25, 0.3) is 0 Å². The fourth-order valence-corrected chi connectivity index (χ4v) is 1.67. The summed E-state index contributed by atoms with van der Waals surface area (Å²) >= 11 is 0. The second kappa shape index (κ2) is 6.83. The highest BCUT2D eigenvalue weighted by Crippen LogP contribution is 2.24. The molecule has 1 aromatic carbocycles. The third kappa shape index (κ3) is 3.61. The first-order valence-corrected chi connectivity index (χ1v) is 5.64. The van der Waals surface area contributed by atoms with Crippen molar-refractivity contribution in [2.75, 3.05) is 44.0 Å². The van der Waals surface area contributed by atoms with Crippen LogP contribution < -0.4 is 16.4 Å². The minimum atomic E-state index is -0.515. The molecule has 0 heterocycles. The van der Waals surface area contributed by atoms with Crippen LogP contribution in [0.15, 0.2) is 18.2 Å². The van der Waals surface area contributed by atoms with Crippen LogP contribution >= 0.6 is 0 Å². The summed E-state index contributed by atoms with van der Waals surface area (Å²) in [6, 6.07) is 4.88. The monoisotopic (exact) mass is 253 g/mol. The van der Waals surface area contributed by atoms with Crippen molar-refractivity contribution in [3.8, 4) is 0 Å². The Hall–Kier alpha value is -1.79. The minimum absolute atomic E-state index is 0.0146. The molecule has 1 amide bonds. The lowest BCUT2D eigenvalue weighted by molar-refractivity contribution is 0.100. The van der Waals surface area contributed by atoms with E-state index in [9.17, 15) is 4.79 Å². The summed E-state index contributed by atoms with van der Waals surface area (Å²) < 4.78 is 5.00. The van der Waals surface area contributed by atoms with E-state index in [1.54, 1.807) is 19.2 Å². The fourth-order valence-electron chi connectivity index (χ4n) is 1.67. The largest absolute Gasteiger partial charge is 0.397 e. The molecule has 0 saturated heterocycles. The van der Waals surface area contributed by atoms with Gasteiger partial charge in [0.1, 0.15) is 0 Å². The third-order valence-electron chi connectivity index (χ3n) is 2.59. The Morgan fingerprint density at radius 3 is 2.67 bits per heavy atom. The van der Waals surface area contributed by atoms with E-state index in [2.05, 4.69) is 0 Å². The molecular weight excluding hydrogens is 234 g/mol. The first kappa shape index (κ1) is 14.3. The van der Waals surface area contributed by atoms with Gasteiger partial charge in [-0.1, -0.05) is 0 Å². The topological polar surface area (TPSA) is 102 Å². The number of anilines is 2. The highest BCUT2D eigenvalue weighted by Gasteiger charge is 2.11. The van der Waals surface area contributed by atoms with Gasteiger partial charge >= 0.3 is 0 Å². The Morgan fingerprint density at radius 1 is 1.44 bits per heavy atom. The summed E-state index contributed by atoms with van der Waals surface area (Å²) in [5.41, 5.74) is 12.6. The van der Waals surface area contributed by atoms with Gasteiger partial charge in [-0.3, -0.25) is 4.79 Å². The van der Waals surface area contributed by atoms with Gasteiger partial charge in [-0.2, -0.15) is 0 Å². The number of aliphatic hydroxyl groups excluding tert-OH is 1. The molecular formula is C12H19N3O3. The normalized spacial score (nSPS) is 10.3. The Kier molecular flexibility index (Phi) is 5.41. The first-order valence-electron chi connectivity index (χ1n) is 5.64. The molecule has 0 bridgehead atoms. The molecule has 0 aliphatic heterocycles. The van der Waals surface area contributed by atoms with Crippen molar-refractivity contribution >= 4 is 17.3 Å². The molecule has 0 aliphatic carbocycles. The van der Waals surface area contributed by atoms with Crippen molar-refractivity contribution in [3.05, 3.63) is 23.8 Å². The Morgan fingerprint density at radius 2 is 2.17 bits per heavy atom. The van der Waals surface area contributed by atoms with E-state index < -0.39 is 5.91 Å². The zero-order valence-corrected chi connectivity index (χ0v) is 10.4. The van der Waals surface area contributed by atoms with Gasteiger partial charge in [0.15, 0.2) is 0 Å². The number of nitrogens with two attached hydrogens (primary N) is 2. The van der Waals surface area contributed by atoms with E-state index in [0.29, 0.717) is 30.9 Å². The van der Waals surface area contributed by atoms with Crippen LogP contribution in [-0.4, -0.2) is 44.4 Å². The number of ether oxygens (including phenoxy) is 1. The van der Waals surface area contributed by atoms with E-state index in [1.165, 1.54) is 6.07 Å². The maximum atomic E-state index is 11.0. The third-order valence-corrected chi connectivity index (χ3v) is 2.59. The van der Waals surface area contributed by atoms with E-state index in [0.717, 1.165) is 5.69 Å². The summed E-state index contributed by atoms with van der Waals surface area (Å²) in [7, 11) is 1.61. The van der Waals surface area contributed by atoms with Gasteiger partial charge in [-0.25, -0.2) is 0 Å². The highest BCUT2D eigenvalue weighted by molar-refractivity contribution is 5.94. The smallest absolute Gasteiger partial charge is 0.248 e. The number of hydrogen-bond donors (Lipinski definition) is 3. The van der Waals surface area contributed by atoms with Crippen LogP contribution in [0.5, 0.6) is 0 Å². The number of rotatable bonds is 7. The lowest BCUT2D eigenvalue weighted by Crippen LogP contribution is -2.31. The van der Waals surface area contributed by atoms with Crippen molar-refractivity contribution in [2.45, 2.75) is 0 Å². The second-order valence-electron chi connectivity index (χ2n) is 3.84. The number of carbonyl (C=O) groups is 1. The quantitative estimate of drug-likeness (QED) is 0.585. The number of hydrogen-bond acceptors (Lipinski definition) is 5. The summed E-state index contributed by atoms with van der Waals surface area (Å²) in [5, 5.41) is 9.03. The average Bonchev–Trinajstić information content (AvgIpc) is 2.34. The van der Waals surface area contributed by atoms with Gasteiger partial charge in [0.05, 0.1) is 24.6 Å². The predicted molar refractivity (Wildman–Crippen MR) is 70.5 cm³/mol.